The Kier molecular flexibility index (Phi) is 4.77. The predicted molar refractivity (Wildman–Crippen MR) is 104 cm³/mol. The molecule has 5 nitrogen and oxygen atoms in total. The van der Waals surface area contributed by atoms with Crippen LogP contribution in [0.5, 0.6) is 0 Å². The van der Waals surface area contributed by atoms with Crippen molar-refractivity contribution >= 4 is 15.7 Å². The molecule has 28 heavy (non-hydrogen) atoms. The first-order valence-corrected chi connectivity index (χ1v) is 10.5. The number of aromatic nitrogens is 1. The highest BCUT2D eigenvalue weighted by molar-refractivity contribution is 7.92. The first kappa shape index (κ1) is 18.4. The van der Waals surface area contributed by atoms with Gasteiger partial charge in [-0.15, -0.1) is 0 Å². The maximum Gasteiger partial charge on any atom is 0.270 e. The fourth-order valence-corrected chi connectivity index (χ4v) is 5.18. The van der Waals surface area contributed by atoms with Crippen molar-refractivity contribution < 1.29 is 17.6 Å². The number of nitrogens with zero attached hydrogens (tertiary/aromatic N) is 1. The summed E-state index contributed by atoms with van der Waals surface area (Å²) in [6.07, 6.45) is 2.10. The number of nitrogens with one attached hydrogen (secondary N) is 1. The molecular formula is C21H19FN2O3S. The van der Waals surface area contributed by atoms with E-state index in [1.54, 1.807) is 59.6 Å². The average molecular weight is 398 g/mol. The van der Waals surface area contributed by atoms with Gasteiger partial charge in [0.15, 0.2) is 9.84 Å². The van der Waals surface area contributed by atoms with Gasteiger partial charge < -0.3 is 9.88 Å². The van der Waals surface area contributed by atoms with Gasteiger partial charge in [-0.05, 0) is 47.9 Å². The summed E-state index contributed by atoms with van der Waals surface area (Å²) >= 11 is 0. The summed E-state index contributed by atoms with van der Waals surface area (Å²) in [6.45, 7) is 0.557. The van der Waals surface area contributed by atoms with E-state index in [-0.39, 0.29) is 23.2 Å². The van der Waals surface area contributed by atoms with Gasteiger partial charge in [0, 0.05) is 19.3 Å². The van der Waals surface area contributed by atoms with Crippen molar-refractivity contribution in [3.63, 3.8) is 0 Å². The molecule has 0 radical (unpaired) electrons. The van der Waals surface area contributed by atoms with E-state index in [0.29, 0.717) is 18.7 Å². The number of halogens is 1. The van der Waals surface area contributed by atoms with Gasteiger partial charge >= 0.3 is 0 Å². The normalized spacial score (nSPS) is 17.0. The zero-order chi connectivity index (χ0) is 19.7. The molecule has 1 unspecified atom stereocenters. The molecule has 3 aromatic rings. The first-order chi connectivity index (χ1) is 13.4. The number of hydrogen-bond acceptors (Lipinski definition) is 3. The Bertz CT molecular complexity index is 1090. The number of likely N-dealkylation sites (tertiary alicyclic amines) is 1. The van der Waals surface area contributed by atoms with Gasteiger partial charge in [-0.25, -0.2) is 12.8 Å². The van der Waals surface area contributed by atoms with Crippen LogP contribution in [0.4, 0.5) is 4.39 Å². The number of hydrogen-bond donors (Lipinski definition) is 1. The Balaban J connectivity index is 1.49. The molecule has 0 spiro atoms. The van der Waals surface area contributed by atoms with E-state index < -0.39 is 15.1 Å². The van der Waals surface area contributed by atoms with Gasteiger partial charge in [0.05, 0.1) is 10.1 Å². The van der Waals surface area contributed by atoms with Crippen LogP contribution in [0.3, 0.4) is 0 Å². The van der Waals surface area contributed by atoms with Gasteiger partial charge in [0.25, 0.3) is 5.91 Å². The zero-order valence-corrected chi connectivity index (χ0v) is 15.8. The first-order valence-electron chi connectivity index (χ1n) is 8.98. The lowest BCUT2D eigenvalue weighted by Crippen LogP contribution is -2.32. The molecule has 0 saturated carbocycles. The molecule has 1 saturated heterocycles. The summed E-state index contributed by atoms with van der Waals surface area (Å²) in [7, 11) is -3.47. The van der Waals surface area contributed by atoms with Crippen LogP contribution in [0, 0.1) is 5.82 Å². The number of rotatable bonds is 4. The summed E-state index contributed by atoms with van der Waals surface area (Å²) in [6, 6.07) is 16.0. The lowest BCUT2D eigenvalue weighted by Gasteiger charge is -2.16. The molecule has 144 valence electrons. The van der Waals surface area contributed by atoms with Crippen molar-refractivity contribution in [1.29, 1.82) is 0 Å². The molecule has 1 aromatic heterocycles. The Morgan fingerprint density at radius 3 is 2.46 bits per heavy atom. The molecule has 0 aliphatic carbocycles. The Morgan fingerprint density at radius 2 is 1.75 bits per heavy atom. The molecule has 7 heteroatoms. The predicted octanol–water partition coefficient (Wildman–Crippen LogP) is 3.51. The maximum atomic E-state index is 13.1. The number of carbonyl (C=O) groups is 1. The van der Waals surface area contributed by atoms with Crippen LogP contribution in [0.1, 0.15) is 16.9 Å². The second kappa shape index (κ2) is 7.24. The number of amides is 1. The molecule has 2 aromatic carbocycles. The quantitative estimate of drug-likeness (QED) is 0.731. The van der Waals surface area contributed by atoms with E-state index >= 15 is 0 Å². The molecule has 4 rings (SSSR count). The smallest absolute Gasteiger partial charge is 0.270 e. The zero-order valence-electron chi connectivity index (χ0n) is 15.0. The van der Waals surface area contributed by atoms with Crippen molar-refractivity contribution in [3.05, 3.63) is 78.4 Å². The molecule has 1 aliphatic rings. The highest BCUT2D eigenvalue weighted by atomic mass is 32.2. The van der Waals surface area contributed by atoms with Crippen molar-refractivity contribution in [1.82, 2.24) is 9.88 Å². The fourth-order valence-electron chi connectivity index (χ4n) is 3.47. The summed E-state index contributed by atoms with van der Waals surface area (Å²) in [5, 5.41) is -0.606. The van der Waals surface area contributed by atoms with Crippen LogP contribution in [0.25, 0.3) is 11.1 Å². The average Bonchev–Trinajstić information content (AvgIpc) is 3.39. The van der Waals surface area contributed by atoms with Gasteiger partial charge in [-0.3, -0.25) is 4.79 Å². The number of benzene rings is 2. The van der Waals surface area contributed by atoms with Crippen molar-refractivity contribution in [2.45, 2.75) is 16.6 Å². The molecule has 0 bridgehead atoms. The van der Waals surface area contributed by atoms with Gasteiger partial charge in [-0.1, -0.05) is 30.3 Å². The number of aromatic amines is 1. The van der Waals surface area contributed by atoms with Crippen LogP contribution in [0.2, 0.25) is 0 Å². The van der Waals surface area contributed by atoms with Crippen molar-refractivity contribution in [2.24, 2.45) is 0 Å². The Labute approximate surface area is 162 Å². The molecule has 1 amide bonds. The summed E-state index contributed by atoms with van der Waals surface area (Å²) in [4.78, 5) is 17.6. The number of H-pyrrole nitrogens is 1. The third-order valence-corrected chi connectivity index (χ3v) is 7.23. The van der Waals surface area contributed by atoms with E-state index in [9.17, 15) is 17.6 Å². The fraction of sp³-hybridized carbons (Fsp3) is 0.190. The third kappa shape index (κ3) is 3.45. The molecule has 1 atom stereocenters. The minimum Gasteiger partial charge on any atom is -0.357 e. The minimum absolute atomic E-state index is 0.168. The summed E-state index contributed by atoms with van der Waals surface area (Å²) in [5.74, 6) is -0.558. The van der Waals surface area contributed by atoms with E-state index in [2.05, 4.69) is 4.98 Å². The van der Waals surface area contributed by atoms with E-state index in [1.807, 2.05) is 0 Å². The summed E-state index contributed by atoms with van der Waals surface area (Å²) < 4.78 is 38.6. The minimum atomic E-state index is -3.47. The SMILES string of the molecule is O=C(c1cc(-c2ccc(F)cc2)c[nH]1)N1CCC(S(=O)(=O)c2ccccc2)C1. The molecule has 1 N–H and O–H groups in total. The molecular weight excluding hydrogens is 379 g/mol. The van der Waals surface area contributed by atoms with Crippen LogP contribution in [-0.4, -0.2) is 42.5 Å². The second-order valence-corrected chi connectivity index (χ2v) is 9.06. The lowest BCUT2D eigenvalue weighted by atomic mass is 10.1. The molecule has 2 heterocycles. The van der Waals surface area contributed by atoms with Crippen LogP contribution < -0.4 is 0 Å². The third-order valence-electron chi connectivity index (χ3n) is 5.03. The number of carbonyl (C=O) groups excluding carboxylic acids is 1. The molecule has 1 aliphatic heterocycles. The van der Waals surface area contributed by atoms with Crippen LogP contribution in [0.15, 0.2) is 71.8 Å². The molecule has 1 fully saturated rings. The topological polar surface area (TPSA) is 70.2 Å². The second-order valence-electron chi connectivity index (χ2n) is 6.83. The maximum absolute atomic E-state index is 13.1. The Morgan fingerprint density at radius 1 is 1.04 bits per heavy atom. The van der Waals surface area contributed by atoms with E-state index in [4.69, 9.17) is 0 Å². The highest BCUT2D eigenvalue weighted by Crippen LogP contribution is 2.26. The van der Waals surface area contributed by atoms with E-state index in [0.717, 1.165) is 11.1 Å². The van der Waals surface area contributed by atoms with Crippen molar-refractivity contribution in [3.8, 4) is 11.1 Å². The van der Waals surface area contributed by atoms with E-state index in [1.165, 1.54) is 12.1 Å². The van der Waals surface area contributed by atoms with Crippen LogP contribution >= 0.6 is 0 Å². The van der Waals surface area contributed by atoms with Gasteiger partial charge in [0.1, 0.15) is 11.5 Å². The summed E-state index contributed by atoms with van der Waals surface area (Å²) in [5.41, 5.74) is 1.95. The lowest BCUT2D eigenvalue weighted by molar-refractivity contribution is 0.0788. The standard InChI is InChI=1S/C21H19FN2O3S/c22-17-8-6-15(7-9-17)16-12-20(23-13-16)21(25)24-11-10-19(14-24)28(26,27)18-4-2-1-3-5-18/h1-9,12-13,19,23H,10-11,14H2. The monoisotopic (exact) mass is 398 g/mol. The number of sulfone groups is 1. The highest BCUT2D eigenvalue weighted by Gasteiger charge is 2.36. The van der Waals surface area contributed by atoms with Gasteiger partial charge in [-0.2, -0.15) is 0 Å². The van der Waals surface area contributed by atoms with Crippen molar-refractivity contribution in [2.75, 3.05) is 13.1 Å². The van der Waals surface area contributed by atoms with Gasteiger partial charge in [0.2, 0.25) is 0 Å². The largest absolute Gasteiger partial charge is 0.357 e. The Hall–Kier alpha value is -2.93. The van der Waals surface area contributed by atoms with Crippen LogP contribution in [-0.2, 0) is 9.84 Å².